The van der Waals surface area contributed by atoms with E-state index in [4.69, 9.17) is 5.73 Å². The van der Waals surface area contributed by atoms with E-state index in [-0.39, 0.29) is 17.9 Å². The van der Waals surface area contributed by atoms with Crippen LogP contribution < -0.4 is 5.73 Å². The van der Waals surface area contributed by atoms with Crippen molar-refractivity contribution in [3.8, 4) is 0 Å². The molecule has 1 saturated carbocycles. The van der Waals surface area contributed by atoms with E-state index in [0.717, 1.165) is 25.3 Å². The van der Waals surface area contributed by atoms with Crippen LogP contribution >= 0.6 is 11.8 Å². The standard InChI is InChI=1S/C15H28N2OS/c1-3-12(2)13(16)14(18)17-9-10-19-15(11-17)7-5-4-6-8-15/h12-13H,3-11,16H2,1-2H3. The number of hydrogen-bond acceptors (Lipinski definition) is 3. The van der Waals surface area contributed by atoms with E-state index in [1.54, 1.807) is 0 Å². The lowest BCUT2D eigenvalue weighted by Crippen LogP contribution is -2.55. The maximum Gasteiger partial charge on any atom is 0.239 e. The first-order valence-corrected chi connectivity index (χ1v) is 8.75. The number of hydrogen-bond donors (Lipinski definition) is 1. The van der Waals surface area contributed by atoms with Crippen molar-refractivity contribution in [1.29, 1.82) is 0 Å². The Morgan fingerprint density at radius 2 is 2.05 bits per heavy atom. The lowest BCUT2D eigenvalue weighted by molar-refractivity contribution is -0.134. The number of carbonyl (C=O) groups is 1. The van der Waals surface area contributed by atoms with Crippen LogP contribution in [0.3, 0.4) is 0 Å². The first-order valence-electron chi connectivity index (χ1n) is 7.76. The monoisotopic (exact) mass is 284 g/mol. The highest BCUT2D eigenvalue weighted by Crippen LogP contribution is 2.42. The zero-order chi connectivity index (χ0) is 13.9. The predicted octanol–water partition coefficient (Wildman–Crippen LogP) is 2.64. The molecule has 2 aliphatic rings. The van der Waals surface area contributed by atoms with E-state index in [2.05, 4.69) is 30.5 Å². The number of rotatable bonds is 3. The van der Waals surface area contributed by atoms with Gasteiger partial charge in [0, 0.05) is 23.6 Å². The van der Waals surface area contributed by atoms with E-state index in [0.29, 0.717) is 4.75 Å². The van der Waals surface area contributed by atoms with Crippen molar-refractivity contribution in [1.82, 2.24) is 4.90 Å². The Bertz CT molecular complexity index is 310. The van der Waals surface area contributed by atoms with Crippen molar-refractivity contribution in [2.75, 3.05) is 18.8 Å². The van der Waals surface area contributed by atoms with Crippen LogP contribution in [-0.4, -0.2) is 40.4 Å². The maximum absolute atomic E-state index is 12.5. The van der Waals surface area contributed by atoms with Crippen LogP contribution in [0.15, 0.2) is 0 Å². The molecule has 1 spiro atoms. The van der Waals surface area contributed by atoms with Crippen LogP contribution in [0.2, 0.25) is 0 Å². The molecule has 1 saturated heterocycles. The van der Waals surface area contributed by atoms with Crippen molar-refractivity contribution in [2.45, 2.75) is 63.2 Å². The van der Waals surface area contributed by atoms with E-state index < -0.39 is 0 Å². The van der Waals surface area contributed by atoms with Crippen LogP contribution in [0, 0.1) is 5.92 Å². The predicted molar refractivity (Wildman–Crippen MR) is 82.3 cm³/mol. The normalized spacial score (nSPS) is 26.2. The van der Waals surface area contributed by atoms with Crippen LogP contribution in [0.25, 0.3) is 0 Å². The molecule has 2 unspecified atom stereocenters. The van der Waals surface area contributed by atoms with Gasteiger partial charge in [-0.1, -0.05) is 39.5 Å². The third-order valence-corrected chi connectivity index (χ3v) is 6.40. The highest BCUT2D eigenvalue weighted by atomic mass is 32.2. The Labute approximate surface area is 121 Å². The Balaban J connectivity index is 1.98. The van der Waals surface area contributed by atoms with Crippen LogP contribution in [0.4, 0.5) is 0 Å². The molecule has 1 amide bonds. The van der Waals surface area contributed by atoms with Gasteiger partial charge in [0.1, 0.15) is 0 Å². The van der Waals surface area contributed by atoms with Crippen LogP contribution in [-0.2, 0) is 4.79 Å². The van der Waals surface area contributed by atoms with Crippen molar-refractivity contribution in [2.24, 2.45) is 11.7 Å². The molecule has 110 valence electrons. The summed E-state index contributed by atoms with van der Waals surface area (Å²) in [5.74, 6) is 1.54. The number of amides is 1. The van der Waals surface area contributed by atoms with Gasteiger partial charge in [0.2, 0.25) is 5.91 Å². The highest BCUT2D eigenvalue weighted by molar-refractivity contribution is 8.00. The number of thioether (sulfide) groups is 1. The Hall–Kier alpha value is -0.220. The molecule has 0 aromatic carbocycles. The topological polar surface area (TPSA) is 46.3 Å². The van der Waals surface area contributed by atoms with Gasteiger partial charge in [-0.25, -0.2) is 0 Å². The fraction of sp³-hybridized carbons (Fsp3) is 0.933. The summed E-state index contributed by atoms with van der Waals surface area (Å²) in [5.41, 5.74) is 6.12. The van der Waals surface area contributed by atoms with Crippen molar-refractivity contribution >= 4 is 17.7 Å². The molecule has 19 heavy (non-hydrogen) atoms. The van der Waals surface area contributed by atoms with E-state index >= 15 is 0 Å². The summed E-state index contributed by atoms with van der Waals surface area (Å²) in [6.45, 7) is 6.00. The quantitative estimate of drug-likeness (QED) is 0.866. The number of nitrogens with zero attached hydrogens (tertiary/aromatic N) is 1. The van der Waals surface area contributed by atoms with E-state index in [1.165, 1.54) is 32.1 Å². The lowest BCUT2D eigenvalue weighted by Gasteiger charge is -2.45. The van der Waals surface area contributed by atoms with E-state index in [9.17, 15) is 4.79 Å². The molecule has 2 atom stereocenters. The van der Waals surface area contributed by atoms with E-state index in [1.807, 2.05) is 0 Å². The largest absolute Gasteiger partial charge is 0.339 e. The summed E-state index contributed by atoms with van der Waals surface area (Å²) in [4.78, 5) is 14.6. The lowest BCUT2D eigenvalue weighted by atomic mass is 9.87. The fourth-order valence-electron chi connectivity index (χ4n) is 3.24. The van der Waals surface area contributed by atoms with Crippen molar-refractivity contribution in [3.05, 3.63) is 0 Å². The zero-order valence-electron chi connectivity index (χ0n) is 12.4. The van der Waals surface area contributed by atoms with Gasteiger partial charge >= 0.3 is 0 Å². The molecule has 3 nitrogen and oxygen atoms in total. The molecule has 0 aromatic heterocycles. The molecule has 2 rings (SSSR count). The molecule has 4 heteroatoms. The zero-order valence-corrected chi connectivity index (χ0v) is 13.2. The Kier molecular flexibility index (Phi) is 5.18. The van der Waals surface area contributed by atoms with Gasteiger partial charge in [0.15, 0.2) is 0 Å². The fourth-order valence-corrected chi connectivity index (χ4v) is 4.81. The minimum atomic E-state index is -0.311. The minimum absolute atomic E-state index is 0.180. The number of carbonyl (C=O) groups excluding carboxylic acids is 1. The first-order chi connectivity index (χ1) is 9.08. The van der Waals surface area contributed by atoms with Crippen LogP contribution in [0.1, 0.15) is 52.4 Å². The van der Waals surface area contributed by atoms with Gasteiger partial charge in [-0.2, -0.15) is 11.8 Å². The Morgan fingerprint density at radius 3 is 2.68 bits per heavy atom. The summed E-state index contributed by atoms with van der Waals surface area (Å²) in [7, 11) is 0. The molecular formula is C15H28N2OS. The van der Waals surface area contributed by atoms with Crippen LogP contribution in [0.5, 0.6) is 0 Å². The second-order valence-corrected chi connectivity index (χ2v) is 7.83. The third-order valence-electron chi connectivity index (χ3n) is 4.87. The maximum atomic E-state index is 12.5. The van der Waals surface area contributed by atoms with Crippen molar-refractivity contribution in [3.63, 3.8) is 0 Å². The summed E-state index contributed by atoms with van der Waals surface area (Å²) in [6, 6.07) is -0.311. The molecule has 0 radical (unpaired) electrons. The summed E-state index contributed by atoms with van der Waals surface area (Å²) in [5, 5.41) is 0. The third kappa shape index (κ3) is 3.46. The van der Waals surface area contributed by atoms with Gasteiger partial charge in [0.25, 0.3) is 0 Å². The summed E-state index contributed by atoms with van der Waals surface area (Å²) >= 11 is 2.10. The smallest absolute Gasteiger partial charge is 0.239 e. The second kappa shape index (κ2) is 6.49. The summed E-state index contributed by atoms with van der Waals surface area (Å²) in [6.07, 6.45) is 7.54. The molecular weight excluding hydrogens is 256 g/mol. The van der Waals surface area contributed by atoms with Gasteiger partial charge in [-0.15, -0.1) is 0 Å². The van der Waals surface area contributed by atoms with Gasteiger partial charge in [-0.3, -0.25) is 4.79 Å². The molecule has 2 fully saturated rings. The molecule has 0 aromatic rings. The van der Waals surface area contributed by atoms with Gasteiger partial charge in [-0.05, 0) is 18.8 Å². The average Bonchev–Trinajstić information content (AvgIpc) is 2.45. The average molecular weight is 284 g/mol. The Morgan fingerprint density at radius 1 is 1.37 bits per heavy atom. The highest BCUT2D eigenvalue weighted by Gasteiger charge is 2.39. The van der Waals surface area contributed by atoms with Crippen molar-refractivity contribution < 1.29 is 4.79 Å². The molecule has 0 bridgehead atoms. The minimum Gasteiger partial charge on any atom is -0.339 e. The summed E-state index contributed by atoms with van der Waals surface area (Å²) < 4.78 is 0.349. The first kappa shape index (κ1) is 15.2. The number of nitrogens with two attached hydrogens (primary N) is 1. The molecule has 1 aliphatic heterocycles. The SMILES string of the molecule is CCC(C)C(N)C(=O)N1CCSC2(CCCCC2)C1. The molecule has 1 heterocycles. The molecule has 2 N–H and O–H groups in total. The second-order valence-electron chi connectivity index (χ2n) is 6.26. The molecule has 1 aliphatic carbocycles. The van der Waals surface area contributed by atoms with Gasteiger partial charge in [0.05, 0.1) is 6.04 Å². The van der Waals surface area contributed by atoms with Gasteiger partial charge < -0.3 is 10.6 Å².